The number of carbonyl (C=O) groups is 4. The van der Waals surface area contributed by atoms with Crippen LogP contribution >= 0.6 is 15.6 Å². The molecule has 0 aliphatic rings. The summed E-state index contributed by atoms with van der Waals surface area (Å²) in [5.41, 5.74) is 0. The van der Waals surface area contributed by atoms with Crippen LogP contribution in [0.2, 0.25) is 0 Å². The van der Waals surface area contributed by atoms with Crippen LogP contribution in [-0.4, -0.2) is 96.7 Å². The Bertz CT molecular complexity index is 1550. The predicted octanol–water partition coefficient (Wildman–Crippen LogP) is 16.2. The van der Waals surface area contributed by atoms with E-state index in [1.165, 1.54) is 96.3 Å². The van der Waals surface area contributed by atoms with Crippen molar-refractivity contribution in [1.29, 1.82) is 0 Å². The molecule has 0 aromatic heterocycles. The van der Waals surface area contributed by atoms with Crippen molar-refractivity contribution in [2.24, 2.45) is 5.92 Å². The van der Waals surface area contributed by atoms with Crippen molar-refractivity contribution in [3.05, 3.63) is 0 Å². The van der Waals surface area contributed by atoms with Crippen LogP contribution in [-0.2, 0) is 65.4 Å². The van der Waals surface area contributed by atoms with Crippen molar-refractivity contribution in [2.75, 3.05) is 39.6 Å². The lowest BCUT2D eigenvalue weighted by Gasteiger charge is -2.21. The Hall–Kier alpha value is -1.94. The van der Waals surface area contributed by atoms with Gasteiger partial charge < -0.3 is 33.8 Å². The molecule has 79 heavy (non-hydrogen) atoms. The van der Waals surface area contributed by atoms with E-state index in [2.05, 4.69) is 34.6 Å². The number of hydrogen-bond donors (Lipinski definition) is 3. The molecular formula is C60H116O17P2. The fourth-order valence-electron chi connectivity index (χ4n) is 8.88. The Kier molecular flexibility index (Phi) is 52.7. The van der Waals surface area contributed by atoms with Crippen molar-refractivity contribution in [3.63, 3.8) is 0 Å². The molecule has 19 heteroatoms. The van der Waals surface area contributed by atoms with E-state index < -0.39 is 97.5 Å². The number of carbonyl (C=O) groups excluding carboxylic acids is 4. The minimum absolute atomic E-state index is 0.104. The monoisotopic (exact) mass is 1170 g/mol. The van der Waals surface area contributed by atoms with Crippen LogP contribution in [0.1, 0.15) is 298 Å². The first-order valence-corrected chi connectivity index (χ1v) is 34.6. The highest BCUT2D eigenvalue weighted by Gasteiger charge is 2.30. The van der Waals surface area contributed by atoms with E-state index in [1.54, 1.807) is 0 Å². The number of phosphoric ester groups is 2. The third kappa shape index (κ3) is 55.0. The molecule has 0 saturated carbocycles. The molecule has 5 atom stereocenters. The molecule has 0 bridgehead atoms. The van der Waals surface area contributed by atoms with Gasteiger partial charge in [0.1, 0.15) is 19.3 Å². The minimum atomic E-state index is -4.94. The van der Waals surface area contributed by atoms with Gasteiger partial charge in [0.25, 0.3) is 0 Å². The lowest BCUT2D eigenvalue weighted by atomic mass is 10.0. The summed E-state index contributed by atoms with van der Waals surface area (Å²) in [5.74, 6) is -1.36. The van der Waals surface area contributed by atoms with Gasteiger partial charge in [-0.2, -0.15) is 0 Å². The summed E-state index contributed by atoms with van der Waals surface area (Å²) in [6.07, 6.45) is 36.4. The maximum absolute atomic E-state index is 12.9. The average molecular weight is 1170 g/mol. The highest BCUT2D eigenvalue weighted by Crippen LogP contribution is 2.45. The van der Waals surface area contributed by atoms with Gasteiger partial charge >= 0.3 is 39.5 Å². The fourth-order valence-corrected chi connectivity index (χ4v) is 10.5. The average Bonchev–Trinajstić information content (AvgIpc) is 3.41. The molecule has 2 unspecified atom stereocenters. The second-order valence-electron chi connectivity index (χ2n) is 22.2. The van der Waals surface area contributed by atoms with Crippen LogP contribution in [0.15, 0.2) is 0 Å². The van der Waals surface area contributed by atoms with Gasteiger partial charge in [0, 0.05) is 25.7 Å². The second kappa shape index (κ2) is 54.0. The quantitative estimate of drug-likeness (QED) is 0.0222. The largest absolute Gasteiger partial charge is 0.472 e. The molecule has 468 valence electrons. The molecule has 17 nitrogen and oxygen atoms in total. The molecule has 0 saturated heterocycles. The van der Waals surface area contributed by atoms with Gasteiger partial charge in [-0.25, -0.2) is 9.13 Å². The van der Waals surface area contributed by atoms with Crippen LogP contribution in [0.5, 0.6) is 0 Å². The molecule has 0 heterocycles. The van der Waals surface area contributed by atoms with Gasteiger partial charge in [-0.1, -0.05) is 247 Å². The molecule has 0 spiro atoms. The van der Waals surface area contributed by atoms with E-state index >= 15 is 0 Å². The molecular weight excluding hydrogens is 1050 g/mol. The summed E-state index contributed by atoms with van der Waals surface area (Å²) in [7, 11) is -9.87. The van der Waals surface area contributed by atoms with Gasteiger partial charge in [-0.15, -0.1) is 0 Å². The maximum Gasteiger partial charge on any atom is 0.472 e. The maximum atomic E-state index is 12.9. The molecule has 3 N–H and O–H groups in total. The van der Waals surface area contributed by atoms with Crippen molar-refractivity contribution < 1.29 is 80.2 Å². The number of ether oxygens (including phenoxy) is 4. The van der Waals surface area contributed by atoms with Gasteiger partial charge in [0.05, 0.1) is 26.4 Å². The lowest BCUT2D eigenvalue weighted by molar-refractivity contribution is -0.161. The Morgan fingerprint density at radius 3 is 0.861 bits per heavy atom. The summed E-state index contributed by atoms with van der Waals surface area (Å²) >= 11 is 0. The molecule has 0 amide bonds. The minimum Gasteiger partial charge on any atom is -0.462 e. The first-order chi connectivity index (χ1) is 38.0. The molecule has 0 aromatic carbocycles. The number of unbranched alkanes of at least 4 members (excludes halogenated alkanes) is 32. The topological polar surface area (TPSA) is 237 Å². The zero-order chi connectivity index (χ0) is 58.5. The van der Waals surface area contributed by atoms with Crippen molar-refractivity contribution in [2.45, 2.75) is 316 Å². The van der Waals surface area contributed by atoms with Crippen molar-refractivity contribution >= 4 is 39.5 Å². The van der Waals surface area contributed by atoms with E-state index in [1.807, 2.05) is 0 Å². The van der Waals surface area contributed by atoms with Crippen LogP contribution < -0.4 is 0 Å². The van der Waals surface area contributed by atoms with Gasteiger partial charge in [-0.05, 0) is 31.6 Å². The number of esters is 4. The van der Waals surface area contributed by atoms with Crippen LogP contribution in [0, 0.1) is 5.92 Å². The molecule has 0 fully saturated rings. The predicted molar refractivity (Wildman–Crippen MR) is 312 cm³/mol. The molecule has 0 aromatic rings. The Morgan fingerprint density at radius 2 is 0.582 bits per heavy atom. The summed E-state index contributed by atoms with van der Waals surface area (Å²) in [6, 6.07) is 0. The Morgan fingerprint density at radius 1 is 0.342 bits per heavy atom. The highest BCUT2D eigenvalue weighted by atomic mass is 31.2. The smallest absolute Gasteiger partial charge is 0.462 e. The van der Waals surface area contributed by atoms with Gasteiger partial charge in [0.15, 0.2) is 12.2 Å². The van der Waals surface area contributed by atoms with Gasteiger partial charge in [-0.3, -0.25) is 37.3 Å². The molecule has 0 rings (SSSR count). The summed E-state index contributed by atoms with van der Waals surface area (Å²) in [4.78, 5) is 71.7. The molecule has 0 aliphatic heterocycles. The third-order valence-electron chi connectivity index (χ3n) is 13.8. The van der Waals surface area contributed by atoms with E-state index in [0.29, 0.717) is 25.7 Å². The summed E-state index contributed by atoms with van der Waals surface area (Å²) in [5, 5.41) is 10.5. The van der Waals surface area contributed by atoms with E-state index in [9.17, 15) is 43.2 Å². The normalized spacial score (nSPS) is 14.3. The third-order valence-corrected chi connectivity index (χ3v) is 15.7. The van der Waals surface area contributed by atoms with Crippen molar-refractivity contribution in [1.82, 2.24) is 0 Å². The number of rotatable bonds is 60. The van der Waals surface area contributed by atoms with E-state index in [-0.39, 0.29) is 25.7 Å². The molecule has 0 aliphatic carbocycles. The zero-order valence-corrected chi connectivity index (χ0v) is 52.3. The summed E-state index contributed by atoms with van der Waals surface area (Å²) < 4.78 is 67.6. The number of aliphatic hydroxyl groups is 1. The zero-order valence-electron chi connectivity index (χ0n) is 50.5. The standard InChI is InChI=1S/C60H116O17P2/c1-6-9-12-15-18-29-34-39-44-58(63)71-50-56(77-60(65)46-41-36-31-26-24-22-20-21-23-25-28-32-37-42-53(4)5)52-75-79(68,69)73-48-54(61)47-72-78(66,67)74-51-55(49-70-57(62)43-38-33-27-17-14-11-8-3)76-59(64)45-40-35-30-19-16-13-10-7-2/h53-56,61H,6-52H2,1-5H3,(H,66,67)(H,68,69)/t54-,55+,56+/m0/s1. The lowest BCUT2D eigenvalue weighted by Crippen LogP contribution is -2.30. The number of aliphatic hydroxyl groups excluding tert-OH is 1. The van der Waals surface area contributed by atoms with E-state index in [4.69, 9.17) is 37.0 Å². The van der Waals surface area contributed by atoms with Crippen molar-refractivity contribution in [3.8, 4) is 0 Å². The number of phosphoric acid groups is 2. The highest BCUT2D eigenvalue weighted by molar-refractivity contribution is 7.47. The summed E-state index contributed by atoms with van der Waals surface area (Å²) in [6.45, 7) is 7.09. The Labute approximate surface area is 479 Å². The van der Waals surface area contributed by atoms with Crippen LogP contribution in [0.3, 0.4) is 0 Å². The van der Waals surface area contributed by atoms with Crippen LogP contribution in [0.4, 0.5) is 0 Å². The van der Waals surface area contributed by atoms with Crippen LogP contribution in [0.25, 0.3) is 0 Å². The first kappa shape index (κ1) is 77.1. The number of hydrogen-bond acceptors (Lipinski definition) is 15. The first-order valence-electron chi connectivity index (χ1n) is 31.6. The van der Waals surface area contributed by atoms with Gasteiger partial charge in [0.2, 0.25) is 0 Å². The fraction of sp³-hybridized carbons (Fsp3) is 0.933. The Balaban J connectivity index is 5.15. The second-order valence-corrected chi connectivity index (χ2v) is 25.1. The van der Waals surface area contributed by atoms with E-state index in [0.717, 1.165) is 121 Å². The molecule has 0 radical (unpaired) electrons. The SMILES string of the molecule is CCCCCCCCCCC(=O)OC[C@H](COP(=O)(O)OC[C@@H](O)COP(=O)(O)OC[C@@H](COC(=O)CCCCCCCCC)OC(=O)CCCCCCCCCC)OC(=O)CCCCCCCCCCCCCCCC(C)C.